The number of hydrogen-bond donors (Lipinski definition) is 1. The fourth-order valence-corrected chi connectivity index (χ4v) is 4.48. The summed E-state index contributed by atoms with van der Waals surface area (Å²) in [7, 11) is 0. The zero-order valence-electron chi connectivity index (χ0n) is 18.9. The number of carbonyl (C=O) groups is 2. The second-order valence-corrected chi connectivity index (χ2v) is 8.97. The topological polar surface area (TPSA) is 74.8 Å². The predicted octanol–water partition coefficient (Wildman–Crippen LogP) is 3.68. The molecule has 33 heavy (non-hydrogen) atoms. The summed E-state index contributed by atoms with van der Waals surface area (Å²) in [4.78, 5) is 33.6. The Labute approximate surface area is 198 Å². The van der Waals surface area contributed by atoms with Gasteiger partial charge < -0.3 is 19.9 Å². The van der Waals surface area contributed by atoms with Gasteiger partial charge in [0.15, 0.2) is 0 Å². The Bertz CT molecular complexity index is 1070. The number of thiazole rings is 1. The Morgan fingerprint density at radius 2 is 1.73 bits per heavy atom. The molecule has 1 N–H and O–H groups in total. The summed E-state index contributed by atoms with van der Waals surface area (Å²) in [5.74, 6) is 0.382. The van der Waals surface area contributed by atoms with Crippen LogP contribution in [-0.2, 0) is 4.79 Å². The molecule has 0 radical (unpaired) electrons. The average Bonchev–Trinajstić information content (AvgIpc) is 3.33. The Balaban J connectivity index is 1.26. The van der Waals surface area contributed by atoms with E-state index in [0.717, 1.165) is 29.4 Å². The molecular weight excluding hydrogens is 436 g/mol. The van der Waals surface area contributed by atoms with E-state index < -0.39 is 0 Å². The molecule has 2 aromatic carbocycles. The van der Waals surface area contributed by atoms with Gasteiger partial charge in [0.05, 0.1) is 12.6 Å². The molecule has 8 heteroatoms. The lowest BCUT2D eigenvalue weighted by atomic mass is 10.2. The Morgan fingerprint density at radius 3 is 2.39 bits per heavy atom. The molecule has 0 bridgehead atoms. The summed E-state index contributed by atoms with van der Waals surface area (Å²) < 4.78 is 5.66. The molecule has 172 valence electrons. The zero-order chi connectivity index (χ0) is 23.2. The number of amides is 2. The monoisotopic (exact) mass is 464 g/mol. The van der Waals surface area contributed by atoms with Gasteiger partial charge in [0, 0.05) is 42.8 Å². The normalized spacial score (nSPS) is 13.8. The van der Waals surface area contributed by atoms with Crippen molar-refractivity contribution in [3.8, 4) is 16.3 Å². The number of hydrogen-bond acceptors (Lipinski definition) is 6. The fourth-order valence-electron chi connectivity index (χ4n) is 3.67. The minimum Gasteiger partial charge on any atom is -0.491 e. The number of nitrogens with zero attached hydrogens (tertiary/aromatic N) is 3. The van der Waals surface area contributed by atoms with E-state index in [9.17, 15) is 9.59 Å². The van der Waals surface area contributed by atoms with Crippen LogP contribution in [0.15, 0.2) is 60.0 Å². The number of ether oxygens (including phenoxy) is 1. The van der Waals surface area contributed by atoms with Gasteiger partial charge in [0.25, 0.3) is 5.91 Å². The lowest BCUT2D eigenvalue weighted by molar-refractivity contribution is -0.130. The molecule has 0 spiro atoms. The second-order valence-electron chi connectivity index (χ2n) is 8.11. The van der Waals surface area contributed by atoms with Crippen LogP contribution in [0, 0.1) is 0 Å². The van der Waals surface area contributed by atoms with Crippen LogP contribution in [0.4, 0.5) is 5.69 Å². The standard InChI is InChI=1S/C25H28N4O3S/c1-18(2)32-21-10-8-19(9-11-21)25-27-22(17-33-25)24(31)26-16-23(30)29-14-12-28(13-15-29)20-6-4-3-5-7-20/h3-11,17-18H,12-16H2,1-2H3,(H,26,31). The minimum absolute atomic E-state index is 0.0295. The van der Waals surface area contributed by atoms with Crippen LogP contribution < -0.4 is 15.0 Å². The first kappa shape index (κ1) is 22.8. The summed E-state index contributed by atoms with van der Waals surface area (Å²) in [6.45, 7) is 6.77. The molecule has 2 heterocycles. The number of anilines is 1. The highest BCUT2D eigenvalue weighted by molar-refractivity contribution is 7.13. The second kappa shape index (κ2) is 10.5. The first-order chi connectivity index (χ1) is 16.0. The van der Waals surface area contributed by atoms with Gasteiger partial charge in [-0.25, -0.2) is 4.98 Å². The molecule has 1 aliphatic heterocycles. The summed E-state index contributed by atoms with van der Waals surface area (Å²) in [5, 5.41) is 5.18. The molecule has 0 saturated carbocycles. The highest BCUT2D eigenvalue weighted by Gasteiger charge is 2.22. The van der Waals surface area contributed by atoms with E-state index in [1.807, 2.05) is 56.3 Å². The Kier molecular flexibility index (Phi) is 7.24. The van der Waals surface area contributed by atoms with Gasteiger partial charge in [-0.2, -0.15) is 0 Å². The van der Waals surface area contributed by atoms with Crippen LogP contribution in [-0.4, -0.2) is 60.5 Å². The van der Waals surface area contributed by atoms with Crippen LogP contribution in [0.3, 0.4) is 0 Å². The molecule has 3 aromatic rings. The zero-order valence-corrected chi connectivity index (χ0v) is 19.7. The molecule has 4 rings (SSSR count). The smallest absolute Gasteiger partial charge is 0.271 e. The van der Waals surface area contributed by atoms with E-state index in [1.165, 1.54) is 17.0 Å². The Morgan fingerprint density at radius 1 is 1.03 bits per heavy atom. The minimum atomic E-state index is -0.339. The van der Waals surface area contributed by atoms with Crippen LogP contribution >= 0.6 is 11.3 Å². The Hall–Kier alpha value is -3.39. The molecule has 1 aliphatic rings. The molecule has 2 amide bonds. The highest BCUT2D eigenvalue weighted by Crippen LogP contribution is 2.26. The molecular formula is C25H28N4O3S. The molecule has 0 aliphatic carbocycles. The van der Waals surface area contributed by atoms with E-state index in [-0.39, 0.29) is 24.5 Å². The summed E-state index contributed by atoms with van der Waals surface area (Å²) >= 11 is 1.40. The summed E-state index contributed by atoms with van der Waals surface area (Å²) in [6.07, 6.45) is 0.112. The van der Waals surface area contributed by atoms with Crippen molar-refractivity contribution in [1.82, 2.24) is 15.2 Å². The number of nitrogens with one attached hydrogen (secondary N) is 1. The molecule has 0 unspecified atom stereocenters. The third-order valence-electron chi connectivity index (χ3n) is 5.36. The van der Waals surface area contributed by atoms with Gasteiger partial charge in [-0.3, -0.25) is 9.59 Å². The predicted molar refractivity (Wildman–Crippen MR) is 131 cm³/mol. The van der Waals surface area contributed by atoms with Gasteiger partial charge >= 0.3 is 0 Å². The van der Waals surface area contributed by atoms with Gasteiger partial charge in [0.2, 0.25) is 5.91 Å². The van der Waals surface area contributed by atoms with Gasteiger partial charge in [0.1, 0.15) is 16.5 Å². The lowest BCUT2D eigenvalue weighted by Crippen LogP contribution is -2.51. The molecule has 1 fully saturated rings. The van der Waals surface area contributed by atoms with Crippen LogP contribution in [0.5, 0.6) is 5.75 Å². The quantitative estimate of drug-likeness (QED) is 0.577. The largest absolute Gasteiger partial charge is 0.491 e. The number of aromatic nitrogens is 1. The number of benzene rings is 2. The van der Waals surface area contributed by atoms with Gasteiger partial charge in [-0.15, -0.1) is 11.3 Å². The van der Waals surface area contributed by atoms with Crippen molar-refractivity contribution in [2.45, 2.75) is 20.0 Å². The first-order valence-corrected chi connectivity index (χ1v) is 12.0. The third-order valence-corrected chi connectivity index (χ3v) is 6.26. The third kappa shape index (κ3) is 5.90. The first-order valence-electron chi connectivity index (χ1n) is 11.1. The maximum atomic E-state index is 12.6. The van der Waals surface area contributed by atoms with Crippen molar-refractivity contribution < 1.29 is 14.3 Å². The van der Waals surface area contributed by atoms with Crippen molar-refractivity contribution >= 4 is 28.8 Å². The number of rotatable bonds is 7. The van der Waals surface area contributed by atoms with Crippen molar-refractivity contribution in [1.29, 1.82) is 0 Å². The van der Waals surface area contributed by atoms with E-state index in [0.29, 0.717) is 18.8 Å². The summed E-state index contributed by atoms with van der Waals surface area (Å²) in [5.41, 5.74) is 2.40. The maximum absolute atomic E-state index is 12.6. The molecule has 1 saturated heterocycles. The van der Waals surface area contributed by atoms with Crippen molar-refractivity contribution in [2.75, 3.05) is 37.6 Å². The summed E-state index contributed by atoms with van der Waals surface area (Å²) in [6, 6.07) is 17.8. The van der Waals surface area contributed by atoms with Crippen LogP contribution in [0.1, 0.15) is 24.3 Å². The maximum Gasteiger partial charge on any atom is 0.271 e. The van der Waals surface area contributed by atoms with E-state index in [2.05, 4.69) is 27.3 Å². The molecule has 1 aromatic heterocycles. The SMILES string of the molecule is CC(C)Oc1ccc(-c2nc(C(=O)NCC(=O)N3CCN(c4ccccc4)CC3)cs2)cc1. The highest BCUT2D eigenvalue weighted by atomic mass is 32.1. The van der Waals surface area contributed by atoms with E-state index in [1.54, 1.807) is 10.3 Å². The fraction of sp³-hybridized carbons (Fsp3) is 0.320. The van der Waals surface area contributed by atoms with E-state index in [4.69, 9.17) is 4.74 Å². The number of carbonyl (C=O) groups excluding carboxylic acids is 2. The molecule has 0 atom stereocenters. The van der Waals surface area contributed by atoms with Gasteiger partial charge in [-0.05, 0) is 50.2 Å². The van der Waals surface area contributed by atoms with Crippen molar-refractivity contribution in [3.63, 3.8) is 0 Å². The van der Waals surface area contributed by atoms with Crippen LogP contribution in [0.2, 0.25) is 0 Å². The van der Waals surface area contributed by atoms with Crippen molar-refractivity contribution in [3.05, 3.63) is 65.7 Å². The number of para-hydroxylation sites is 1. The van der Waals surface area contributed by atoms with E-state index >= 15 is 0 Å². The van der Waals surface area contributed by atoms with Crippen molar-refractivity contribution in [2.24, 2.45) is 0 Å². The average molecular weight is 465 g/mol. The van der Waals surface area contributed by atoms with Crippen LogP contribution in [0.25, 0.3) is 10.6 Å². The molecule has 7 nitrogen and oxygen atoms in total. The lowest BCUT2D eigenvalue weighted by Gasteiger charge is -2.36. The van der Waals surface area contributed by atoms with Gasteiger partial charge in [-0.1, -0.05) is 18.2 Å². The number of piperazine rings is 1.